The Bertz CT molecular complexity index is 726. The van der Waals surface area contributed by atoms with E-state index in [0.29, 0.717) is 41.9 Å². The highest BCUT2D eigenvalue weighted by molar-refractivity contribution is 6.31. The standard InChI is InChI=1S/C16H19ClFN5O/c1-10(19)12-9-21-16(23-15(12)20-6-3-7-24-2)22-11-4-5-14(18)13(17)8-11/h4-5,8-9H,1,3,6-7,19H2,2H3,(H2,20,21,22,23). The maximum atomic E-state index is 13.2. The predicted octanol–water partition coefficient (Wildman–Crippen LogP) is 3.39. The fourth-order valence-electron chi connectivity index (χ4n) is 1.94. The lowest BCUT2D eigenvalue weighted by Gasteiger charge is -2.13. The van der Waals surface area contributed by atoms with Crippen LogP contribution in [0.3, 0.4) is 0 Å². The van der Waals surface area contributed by atoms with E-state index in [-0.39, 0.29) is 5.02 Å². The molecule has 0 bridgehead atoms. The Balaban J connectivity index is 2.17. The number of hydrogen-bond acceptors (Lipinski definition) is 6. The second kappa shape index (κ2) is 8.47. The van der Waals surface area contributed by atoms with Crippen LogP contribution in [-0.2, 0) is 4.74 Å². The van der Waals surface area contributed by atoms with Crippen LogP contribution < -0.4 is 16.4 Å². The number of hydrogen-bond donors (Lipinski definition) is 3. The number of anilines is 3. The van der Waals surface area contributed by atoms with Crippen molar-refractivity contribution in [2.75, 3.05) is 30.9 Å². The number of ether oxygens (including phenoxy) is 1. The molecule has 0 fully saturated rings. The van der Waals surface area contributed by atoms with Crippen molar-refractivity contribution in [1.29, 1.82) is 0 Å². The van der Waals surface area contributed by atoms with Gasteiger partial charge in [-0.3, -0.25) is 0 Å². The van der Waals surface area contributed by atoms with E-state index in [9.17, 15) is 4.39 Å². The van der Waals surface area contributed by atoms with E-state index >= 15 is 0 Å². The van der Waals surface area contributed by atoms with E-state index in [1.54, 1.807) is 19.4 Å². The average molecular weight is 352 g/mol. The summed E-state index contributed by atoms with van der Waals surface area (Å²) in [6.07, 6.45) is 2.38. The fourth-order valence-corrected chi connectivity index (χ4v) is 2.12. The van der Waals surface area contributed by atoms with Crippen molar-refractivity contribution >= 4 is 34.8 Å². The number of aromatic nitrogens is 2. The topological polar surface area (TPSA) is 85.1 Å². The minimum atomic E-state index is -0.488. The summed E-state index contributed by atoms with van der Waals surface area (Å²) in [6.45, 7) is 5.01. The molecule has 0 spiro atoms. The van der Waals surface area contributed by atoms with Gasteiger partial charge in [-0.15, -0.1) is 0 Å². The van der Waals surface area contributed by atoms with Crippen LogP contribution in [0.5, 0.6) is 0 Å². The first-order valence-corrected chi connectivity index (χ1v) is 7.65. The minimum Gasteiger partial charge on any atom is -0.399 e. The summed E-state index contributed by atoms with van der Waals surface area (Å²) in [4.78, 5) is 8.57. The Kier molecular flexibility index (Phi) is 6.34. The summed E-state index contributed by atoms with van der Waals surface area (Å²) >= 11 is 5.77. The van der Waals surface area contributed by atoms with E-state index < -0.39 is 5.82 Å². The zero-order valence-corrected chi connectivity index (χ0v) is 14.0. The van der Waals surface area contributed by atoms with Gasteiger partial charge in [0.2, 0.25) is 5.95 Å². The normalized spacial score (nSPS) is 10.5. The van der Waals surface area contributed by atoms with E-state index in [2.05, 4.69) is 27.2 Å². The van der Waals surface area contributed by atoms with Gasteiger partial charge in [-0.2, -0.15) is 4.98 Å². The summed E-state index contributed by atoms with van der Waals surface area (Å²) in [7, 11) is 1.65. The van der Waals surface area contributed by atoms with Crippen LogP contribution in [0.15, 0.2) is 31.0 Å². The Morgan fingerprint density at radius 2 is 2.25 bits per heavy atom. The van der Waals surface area contributed by atoms with Crippen LogP contribution in [0.2, 0.25) is 5.02 Å². The Labute approximate surface area is 144 Å². The minimum absolute atomic E-state index is 0.0184. The molecular weight excluding hydrogens is 333 g/mol. The molecule has 0 aliphatic carbocycles. The van der Waals surface area contributed by atoms with Crippen molar-refractivity contribution < 1.29 is 9.13 Å². The summed E-state index contributed by atoms with van der Waals surface area (Å²) in [5.41, 5.74) is 7.32. The maximum absolute atomic E-state index is 13.2. The van der Waals surface area contributed by atoms with Crippen molar-refractivity contribution in [1.82, 2.24) is 9.97 Å². The molecular formula is C16H19ClFN5O. The van der Waals surface area contributed by atoms with Crippen molar-refractivity contribution in [2.24, 2.45) is 5.73 Å². The molecule has 0 saturated carbocycles. The number of nitrogens with one attached hydrogen (secondary N) is 2. The van der Waals surface area contributed by atoms with Crippen molar-refractivity contribution in [3.05, 3.63) is 47.4 Å². The van der Waals surface area contributed by atoms with Gasteiger partial charge in [-0.1, -0.05) is 18.2 Å². The zero-order valence-electron chi connectivity index (χ0n) is 13.3. The number of nitrogens with two attached hydrogens (primary N) is 1. The smallest absolute Gasteiger partial charge is 0.229 e. The molecule has 0 amide bonds. The number of benzene rings is 1. The van der Waals surface area contributed by atoms with Crippen molar-refractivity contribution in [3.8, 4) is 0 Å². The monoisotopic (exact) mass is 351 g/mol. The highest BCUT2D eigenvalue weighted by atomic mass is 35.5. The van der Waals surface area contributed by atoms with Gasteiger partial charge < -0.3 is 21.1 Å². The molecule has 24 heavy (non-hydrogen) atoms. The molecule has 0 radical (unpaired) electrons. The molecule has 4 N–H and O–H groups in total. The zero-order chi connectivity index (χ0) is 17.5. The molecule has 0 aliphatic heterocycles. The third kappa shape index (κ3) is 4.81. The van der Waals surface area contributed by atoms with E-state index in [1.807, 2.05) is 0 Å². The number of nitrogens with zero attached hydrogens (tertiary/aromatic N) is 2. The maximum Gasteiger partial charge on any atom is 0.229 e. The Morgan fingerprint density at radius 1 is 1.46 bits per heavy atom. The quantitative estimate of drug-likeness (QED) is 0.632. The molecule has 0 aliphatic rings. The molecule has 8 heteroatoms. The molecule has 0 atom stereocenters. The molecule has 1 aromatic carbocycles. The lowest BCUT2D eigenvalue weighted by Crippen LogP contribution is -2.11. The fraction of sp³-hybridized carbons (Fsp3) is 0.250. The van der Waals surface area contributed by atoms with Gasteiger partial charge in [0, 0.05) is 37.8 Å². The molecule has 128 valence electrons. The van der Waals surface area contributed by atoms with E-state index in [4.69, 9.17) is 22.1 Å². The van der Waals surface area contributed by atoms with E-state index in [0.717, 1.165) is 6.42 Å². The molecule has 6 nitrogen and oxygen atoms in total. The molecule has 2 aromatic rings. The molecule has 0 unspecified atom stereocenters. The van der Waals surface area contributed by atoms with Gasteiger partial charge in [0.25, 0.3) is 0 Å². The SMILES string of the molecule is C=C(N)c1cnc(Nc2ccc(F)c(Cl)c2)nc1NCCCOC. The Hall–Kier alpha value is -2.38. The molecule has 2 rings (SSSR count). The summed E-state index contributed by atoms with van der Waals surface area (Å²) in [6, 6.07) is 4.28. The number of methoxy groups -OCH3 is 1. The van der Waals surface area contributed by atoms with Gasteiger partial charge in [0.05, 0.1) is 10.6 Å². The highest BCUT2D eigenvalue weighted by Gasteiger charge is 2.09. The lowest BCUT2D eigenvalue weighted by atomic mass is 10.2. The molecule has 0 saturated heterocycles. The summed E-state index contributed by atoms with van der Waals surface area (Å²) in [5, 5.41) is 6.17. The number of halogens is 2. The highest BCUT2D eigenvalue weighted by Crippen LogP contribution is 2.23. The first-order chi connectivity index (χ1) is 11.5. The summed E-state index contributed by atoms with van der Waals surface area (Å²) < 4.78 is 18.2. The lowest BCUT2D eigenvalue weighted by molar-refractivity contribution is 0.198. The summed E-state index contributed by atoms with van der Waals surface area (Å²) in [5.74, 6) is 0.402. The second-order valence-corrected chi connectivity index (χ2v) is 5.42. The van der Waals surface area contributed by atoms with Gasteiger partial charge in [0.15, 0.2) is 0 Å². The van der Waals surface area contributed by atoms with Crippen LogP contribution in [0.1, 0.15) is 12.0 Å². The van der Waals surface area contributed by atoms with Crippen LogP contribution in [0.25, 0.3) is 5.70 Å². The van der Waals surface area contributed by atoms with Crippen molar-refractivity contribution in [3.63, 3.8) is 0 Å². The first kappa shape index (κ1) is 18.0. The average Bonchev–Trinajstić information content (AvgIpc) is 2.55. The van der Waals surface area contributed by atoms with Crippen LogP contribution >= 0.6 is 11.6 Å². The second-order valence-electron chi connectivity index (χ2n) is 5.01. The predicted molar refractivity (Wildman–Crippen MR) is 94.9 cm³/mol. The molecule has 1 aromatic heterocycles. The van der Waals surface area contributed by atoms with Gasteiger partial charge in [-0.25, -0.2) is 9.37 Å². The van der Waals surface area contributed by atoms with Gasteiger partial charge >= 0.3 is 0 Å². The third-order valence-electron chi connectivity index (χ3n) is 3.13. The van der Waals surface area contributed by atoms with Crippen LogP contribution in [0, 0.1) is 5.82 Å². The molecule has 1 heterocycles. The van der Waals surface area contributed by atoms with Crippen LogP contribution in [-0.4, -0.2) is 30.2 Å². The van der Waals surface area contributed by atoms with Crippen molar-refractivity contribution in [2.45, 2.75) is 6.42 Å². The van der Waals surface area contributed by atoms with Gasteiger partial charge in [-0.05, 0) is 24.6 Å². The third-order valence-corrected chi connectivity index (χ3v) is 3.42. The van der Waals surface area contributed by atoms with Gasteiger partial charge in [0.1, 0.15) is 11.6 Å². The Morgan fingerprint density at radius 3 is 2.92 bits per heavy atom. The number of rotatable bonds is 8. The first-order valence-electron chi connectivity index (χ1n) is 7.28. The largest absolute Gasteiger partial charge is 0.399 e. The van der Waals surface area contributed by atoms with Crippen LogP contribution in [0.4, 0.5) is 21.8 Å². The van der Waals surface area contributed by atoms with E-state index in [1.165, 1.54) is 12.1 Å².